The van der Waals surface area contributed by atoms with Crippen LogP contribution in [0.3, 0.4) is 0 Å². The molecule has 0 radical (unpaired) electrons. The van der Waals surface area contributed by atoms with Crippen molar-refractivity contribution in [2.24, 2.45) is 11.3 Å². The molecule has 0 unspecified atom stereocenters. The SMILES string of the molecule is CCOc1cc([C@@H]2Nc3cc(C)c(C)cc3NC3=C2C(=O)CC(C)(C)C3)ccc1OC(=O)C1CCCCC1. The first kappa shape index (κ1) is 26.3. The summed E-state index contributed by atoms with van der Waals surface area (Å²) in [6, 6.07) is 9.63. The van der Waals surface area contributed by atoms with E-state index in [9.17, 15) is 9.59 Å². The smallest absolute Gasteiger partial charge is 0.314 e. The molecule has 5 rings (SSSR count). The highest BCUT2D eigenvalue weighted by molar-refractivity contribution is 6.01. The number of aryl methyl sites for hydroxylation is 2. The van der Waals surface area contributed by atoms with E-state index in [1.165, 1.54) is 17.5 Å². The van der Waals surface area contributed by atoms with Gasteiger partial charge in [-0.15, -0.1) is 0 Å². The van der Waals surface area contributed by atoms with Crippen molar-refractivity contribution in [1.82, 2.24) is 0 Å². The number of carbonyl (C=O) groups excluding carboxylic acids is 2. The molecule has 3 aliphatic rings. The van der Waals surface area contributed by atoms with Crippen molar-refractivity contribution in [2.75, 3.05) is 17.2 Å². The Balaban J connectivity index is 1.54. The van der Waals surface area contributed by atoms with Gasteiger partial charge in [0, 0.05) is 17.7 Å². The van der Waals surface area contributed by atoms with Crippen LogP contribution in [0.2, 0.25) is 0 Å². The Kier molecular flexibility index (Phi) is 7.26. The standard InChI is InChI=1S/C32H40N2O4/c1-6-37-28-16-22(12-13-27(28)38-31(36)21-10-8-7-9-11-21)30-29-25(17-32(4,5)18-26(29)35)33-23-14-19(2)20(3)15-24(23)34-30/h12-16,21,30,33-34H,6-11,17-18H2,1-5H3/t30-/m0/s1. The van der Waals surface area contributed by atoms with Crippen molar-refractivity contribution in [3.8, 4) is 11.5 Å². The second kappa shape index (κ2) is 10.5. The summed E-state index contributed by atoms with van der Waals surface area (Å²) >= 11 is 0. The molecule has 0 saturated heterocycles. The summed E-state index contributed by atoms with van der Waals surface area (Å²) in [5.74, 6) is 0.888. The van der Waals surface area contributed by atoms with Gasteiger partial charge in [-0.3, -0.25) is 9.59 Å². The van der Waals surface area contributed by atoms with Crippen molar-refractivity contribution in [3.05, 3.63) is 58.3 Å². The number of fused-ring (bicyclic) bond motifs is 1. The summed E-state index contributed by atoms with van der Waals surface area (Å²) < 4.78 is 11.8. The monoisotopic (exact) mass is 516 g/mol. The van der Waals surface area contributed by atoms with E-state index < -0.39 is 0 Å². The van der Waals surface area contributed by atoms with Crippen LogP contribution in [-0.2, 0) is 9.59 Å². The fraction of sp³-hybridized carbons (Fsp3) is 0.500. The number of rotatable bonds is 5. The molecule has 0 aromatic heterocycles. The molecule has 0 spiro atoms. The molecular weight excluding hydrogens is 476 g/mol. The van der Waals surface area contributed by atoms with E-state index >= 15 is 0 Å². The molecule has 2 aromatic carbocycles. The zero-order chi connectivity index (χ0) is 27.0. The van der Waals surface area contributed by atoms with Crippen LogP contribution in [0.4, 0.5) is 11.4 Å². The van der Waals surface area contributed by atoms with E-state index in [0.717, 1.165) is 60.3 Å². The first-order chi connectivity index (χ1) is 18.1. The zero-order valence-electron chi connectivity index (χ0n) is 23.3. The Bertz CT molecular complexity index is 1290. The highest BCUT2D eigenvalue weighted by atomic mass is 16.6. The molecule has 1 fully saturated rings. The van der Waals surface area contributed by atoms with Gasteiger partial charge in [0.1, 0.15) is 0 Å². The van der Waals surface area contributed by atoms with Crippen LogP contribution < -0.4 is 20.1 Å². The van der Waals surface area contributed by atoms with Crippen LogP contribution in [0.1, 0.15) is 88.4 Å². The average molecular weight is 517 g/mol. The molecule has 2 aromatic rings. The third-order valence-electron chi connectivity index (χ3n) is 8.18. The van der Waals surface area contributed by atoms with Gasteiger partial charge in [-0.05, 0) is 86.4 Å². The number of esters is 1. The molecule has 1 saturated carbocycles. The Morgan fingerprint density at radius 3 is 2.39 bits per heavy atom. The highest BCUT2D eigenvalue weighted by Crippen LogP contribution is 2.47. The van der Waals surface area contributed by atoms with E-state index in [0.29, 0.717) is 24.5 Å². The number of benzene rings is 2. The maximum Gasteiger partial charge on any atom is 0.314 e. The van der Waals surface area contributed by atoms with Crippen LogP contribution in [0.25, 0.3) is 0 Å². The van der Waals surface area contributed by atoms with Gasteiger partial charge in [-0.25, -0.2) is 0 Å². The first-order valence-electron chi connectivity index (χ1n) is 14.0. The number of hydrogen-bond donors (Lipinski definition) is 2. The molecule has 0 amide bonds. The Morgan fingerprint density at radius 2 is 1.68 bits per heavy atom. The summed E-state index contributed by atoms with van der Waals surface area (Å²) in [6.45, 7) is 10.9. The van der Waals surface area contributed by atoms with Gasteiger partial charge < -0.3 is 20.1 Å². The number of hydrogen-bond acceptors (Lipinski definition) is 6. The van der Waals surface area contributed by atoms with Gasteiger partial charge in [-0.1, -0.05) is 39.2 Å². The number of carbonyl (C=O) groups is 2. The maximum atomic E-state index is 13.6. The predicted molar refractivity (Wildman–Crippen MR) is 151 cm³/mol. The van der Waals surface area contributed by atoms with E-state index in [4.69, 9.17) is 9.47 Å². The molecule has 1 atom stereocenters. The van der Waals surface area contributed by atoms with Crippen LogP contribution in [0.5, 0.6) is 11.5 Å². The second-order valence-electron chi connectivity index (χ2n) is 11.9. The zero-order valence-corrected chi connectivity index (χ0v) is 23.3. The number of ketones is 1. The van der Waals surface area contributed by atoms with Gasteiger partial charge >= 0.3 is 5.97 Å². The summed E-state index contributed by atoms with van der Waals surface area (Å²) in [6.07, 6.45) is 6.37. The molecular formula is C32H40N2O4. The minimum absolute atomic E-state index is 0.0494. The van der Waals surface area contributed by atoms with Gasteiger partial charge in [0.25, 0.3) is 0 Å². The predicted octanol–water partition coefficient (Wildman–Crippen LogP) is 7.41. The molecule has 6 nitrogen and oxygen atoms in total. The lowest BCUT2D eigenvalue weighted by Gasteiger charge is -2.34. The molecule has 6 heteroatoms. The Morgan fingerprint density at radius 1 is 0.974 bits per heavy atom. The summed E-state index contributed by atoms with van der Waals surface area (Å²) in [5.41, 5.74) is 6.85. The summed E-state index contributed by atoms with van der Waals surface area (Å²) in [4.78, 5) is 26.5. The fourth-order valence-corrected chi connectivity index (χ4v) is 6.05. The van der Waals surface area contributed by atoms with Crippen molar-refractivity contribution >= 4 is 23.1 Å². The second-order valence-corrected chi connectivity index (χ2v) is 11.9. The first-order valence-corrected chi connectivity index (χ1v) is 14.0. The number of nitrogens with one attached hydrogen (secondary N) is 2. The normalized spacial score (nSPS) is 21.0. The van der Waals surface area contributed by atoms with Gasteiger partial charge in [0.2, 0.25) is 0 Å². The van der Waals surface area contributed by atoms with Gasteiger partial charge in [-0.2, -0.15) is 0 Å². The van der Waals surface area contributed by atoms with Crippen LogP contribution in [0, 0.1) is 25.2 Å². The van der Waals surface area contributed by atoms with Crippen LogP contribution in [-0.4, -0.2) is 18.4 Å². The lowest BCUT2D eigenvalue weighted by molar-refractivity contribution is -0.140. The summed E-state index contributed by atoms with van der Waals surface area (Å²) in [5, 5.41) is 7.30. The summed E-state index contributed by atoms with van der Waals surface area (Å²) in [7, 11) is 0. The number of allylic oxidation sites excluding steroid dienone is 1. The van der Waals surface area contributed by atoms with Crippen molar-refractivity contribution in [3.63, 3.8) is 0 Å². The molecule has 0 bridgehead atoms. The Labute approximate surface area is 226 Å². The maximum absolute atomic E-state index is 13.6. The topological polar surface area (TPSA) is 76.7 Å². The van der Waals surface area contributed by atoms with E-state index in [1.54, 1.807) is 0 Å². The minimum Gasteiger partial charge on any atom is -0.490 e. The van der Waals surface area contributed by atoms with Crippen molar-refractivity contribution < 1.29 is 19.1 Å². The van der Waals surface area contributed by atoms with Crippen LogP contribution >= 0.6 is 0 Å². The molecule has 2 N–H and O–H groups in total. The quantitative estimate of drug-likeness (QED) is 0.318. The number of ether oxygens (including phenoxy) is 2. The number of Topliss-reactive ketones (excluding diaryl/α,β-unsaturated/α-hetero) is 1. The Hall–Kier alpha value is -3.28. The number of anilines is 2. The van der Waals surface area contributed by atoms with Crippen molar-refractivity contribution in [2.45, 2.75) is 85.6 Å². The molecule has 202 valence electrons. The fourth-order valence-electron chi connectivity index (χ4n) is 6.05. The largest absolute Gasteiger partial charge is 0.490 e. The average Bonchev–Trinajstić information content (AvgIpc) is 3.01. The van der Waals surface area contributed by atoms with Gasteiger partial charge in [0.05, 0.1) is 29.9 Å². The third kappa shape index (κ3) is 5.31. The van der Waals surface area contributed by atoms with E-state index in [-0.39, 0.29) is 29.1 Å². The molecule has 38 heavy (non-hydrogen) atoms. The van der Waals surface area contributed by atoms with Crippen LogP contribution in [0.15, 0.2) is 41.6 Å². The van der Waals surface area contributed by atoms with Gasteiger partial charge in [0.15, 0.2) is 17.3 Å². The molecule has 1 heterocycles. The lowest BCUT2D eigenvalue weighted by Crippen LogP contribution is -2.31. The van der Waals surface area contributed by atoms with E-state index in [1.807, 2.05) is 25.1 Å². The van der Waals surface area contributed by atoms with E-state index in [2.05, 4.69) is 50.5 Å². The highest BCUT2D eigenvalue weighted by Gasteiger charge is 2.39. The van der Waals surface area contributed by atoms with Crippen molar-refractivity contribution in [1.29, 1.82) is 0 Å². The molecule has 1 aliphatic heterocycles. The molecule has 2 aliphatic carbocycles. The minimum atomic E-state index is -0.355. The lowest BCUT2D eigenvalue weighted by atomic mass is 9.73. The third-order valence-corrected chi connectivity index (χ3v) is 8.18.